The van der Waals surface area contributed by atoms with Crippen molar-refractivity contribution in [2.24, 2.45) is 14.1 Å². The van der Waals surface area contributed by atoms with Gasteiger partial charge in [-0.05, 0) is 31.5 Å². The van der Waals surface area contributed by atoms with E-state index in [9.17, 15) is 23.2 Å². The highest BCUT2D eigenvalue weighted by atomic mass is 19.3. The summed E-state index contributed by atoms with van der Waals surface area (Å²) in [6.07, 6.45) is 0. The maximum atomic E-state index is 13.0. The van der Waals surface area contributed by atoms with E-state index < -0.39 is 29.7 Å². The largest absolute Gasteiger partial charge is 0.463 e. The number of benzene rings is 1. The van der Waals surface area contributed by atoms with Gasteiger partial charge in [-0.25, -0.2) is 9.59 Å². The molecule has 1 atom stereocenters. The van der Waals surface area contributed by atoms with E-state index in [-0.39, 0.29) is 29.3 Å². The standard InChI is InChI=1S/C20H21F2N3O5/c1-5-29-18(27)13-10(2)23-16-15(17(26)25(4)20(28)24(16)3)14(13)11-6-8-12(9-7-11)30-19(21)22/h6-9,14,19,23H,5H2,1-4H3. The van der Waals surface area contributed by atoms with Gasteiger partial charge in [0, 0.05) is 19.8 Å². The number of hydrogen-bond donors (Lipinski definition) is 1. The first-order chi connectivity index (χ1) is 14.2. The molecule has 0 fully saturated rings. The van der Waals surface area contributed by atoms with Gasteiger partial charge in [-0.15, -0.1) is 0 Å². The number of carbonyl (C=O) groups is 1. The van der Waals surface area contributed by atoms with Gasteiger partial charge in [0.05, 0.1) is 23.7 Å². The van der Waals surface area contributed by atoms with Crippen LogP contribution in [0.2, 0.25) is 0 Å². The van der Waals surface area contributed by atoms with Gasteiger partial charge in [-0.1, -0.05) is 12.1 Å². The molecule has 2 aromatic rings. The average molecular weight is 421 g/mol. The molecule has 10 heteroatoms. The number of nitrogens with zero attached hydrogens (tertiary/aromatic N) is 2. The Bertz CT molecular complexity index is 1130. The van der Waals surface area contributed by atoms with Gasteiger partial charge in [0.1, 0.15) is 11.6 Å². The average Bonchev–Trinajstić information content (AvgIpc) is 2.70. The molecular weight excluding hydrogens is 400 g/mol. The number of fused-ring (bicyclic) bond motifs is 1. The van der Waals surface area contributed by atoms with E-state index in [1.807, 2.05) is 0 Å². The predicted octanol–water partition coefficient (Wildman–Crippen LogP) is 2.08. The van der Waals surface area contributed by atoms with Gasteiger partial charge in [0.25, 0.3) is 5.56 Å². The molecule has 0 bridgehead atoms. The molecule has 1 aromatic carbocycles. The highest BCUT2D eigenvalue weighted by Crippen LogP contribution is 2.40. The number of allylic oxidation sites excluding steroid dienone is 1. The molecule has 1 aromatic heterocycles. The lowest BCUT2D eigenvalue weighted by atomic mass is 9.82. The number of anilines is 1. The summed E-state index contributed by atoms with van der Waals surface area (Å²) in [5.74, 6) is -1.30. The van der Waals surface area contributed by atoms with Crippen LogP contribution in [0.15, 0.2) is 45.1 Å². The van der Waals surface area contributed by atoms with Crippen molar-refractivity contribution in [1.29, 1.82) is 0 Å². The summed E-state index contributed by atoms with van der Waals surface area (Å²) >= 11 is 0. The van der Waals surface area contributed by atoms with Crippen LogP contribution >= 0.6 is 0 Å². The number of aromatic nitrogens is 2. The Balaban J connectivity index is 2.27. The molecular formula is C20H21F2N3O5. The fourth-order valence-corrected chi connectivity index (χ4v) is 3.54. The summed E-state index contributed by atoms with van der Waals surface area (Å²) in [5, 5.41) is 2.97. The van der Waals surface area contributed by atoms with E-state index >= 15 is 0 Å². The molecule has 8 nitrogen and oxygen atoms in total. The van der Waals surface area contributed by atoms with Crippen LogP contribution in [-0.4, -0.2) is 28.3 Å². The van der Waals surface area contributed by atoms with Crippen molar-refractivity contribution in [1.82, 2.24) is 9.13 Å². The number of esters is 1. The lowest BCUT2D eigenvalue weighted by molar-refractivity contribution is -0.138. The van der Waals surface area contributed by atoms with Crippen molar-refractivity contribution >= 4 is 11.8 Å². The van der Waals surface area contributed by atoms with Crippen LogP contribution in [0.5, 0.6) is 5.75 Å². The quantitative estimate of drug-likeness (QED) is 0.744. The van der Waals surface area contributed by atoms with E-state index in [1.165, 1.54) is 42.9 Å². The van der Waals surface area contributed by atoms with Gasteiger partial charge in [0.2, 0.25) is 0 Å². The fourth-order valence-electron chi connectivity index (χ4n) is 3.54. The maximum Gasteiger partial charge on any atom is 0.387 e. The third kappa shape index (κ3) is 3.60. The van der Waals surface area contributed by atoms with E-state index in [0.717, 1.165) is 4.57 Å². The number of hydrogen-bond acceptors (Lipinski definition) is 6. The molecule has 0 saturated carbocycles. The van der Waals surface area contributed by atoms with Crippen molar-refractivity contribution in [3.8, 4) is 5.75 Å². The van der Waals surface area contributed by atoms with E-state index in [0.29, 0.717) is 11.3 Å². The zero-order valence-electron chi connectivity index (χ0n) is 16.9. The Kier molecular flexibility index (Phi) is 5.77. The van der Waals surface area contributed by atoms with Crippen LogP contribution in [0.3, 0.4) is 0 Å². The predicted molar refractivity (Wildman–Crippen MR) is 105 cm³/mol. The van der Waals surface area contributed by atoms with Gasteiger partial charge >= 0.3 is 18.3 Å². The number of rotatable bonds is 5. The first-order valence-corrected chi connectivity index (χ1v) is 9.16. The Labute approximate surface area is 170 Å². The normalized spacial score (nSPS) is 15.6. The molecule has 160 valence electrons. The van der Waals surface area contributed by atoms with Crippen molar-refractivity contribution in [3.63, 3.8) is 0 Å². The first kappa shape index (κ1) is 21.3. The molecule has 2 heterocycles. The molecule has 3 rings (SSSR count). The number of halogens is 2. The molecule has 0 amide bonds. The fraction of sp³-hybridized carbons (Fsp3) is 0.350. The van der Waals surface area contributed by atoms with Crippen molar-refractivity contribution < 1.29 is 23.0 Å². The summed E-state index contributed by atoms with van der Waals surface area (Å²) in [4.78, 5) is 38.1. The minimum atomic E-state index is -2.98. The van der Waals surface area contributed by atoms with Crippen molar-refractivity contribution in [2.75, 3.05) is 11.9 Å². The third-order valence-corrected chi connectivity index (χ3v) is 4.92. The van der Waals surface area contributed by atoms with Gasteiger partial charge < -0.3 is 14.8 Å². The van der Waals surface area contributed by atoms with Crippen LogP contribution in [-0.2, 0) is 23.6 Å². The molecule has 0 radical (unpaired) electrons. The van der Waals surface area contributed by atoms with E-state index in [4.69, 9.17) is 4.74 Å². The summed E-state index contributed by atoms with van der Waals surface area (Å²) in [6, 6.07) is 5.64. The maximum absolute atomic E-state index is 13.0. The lowest BCUT2D eigenvalue weighted by Gasteiger charge is -2.30. The highest BCUT2D eigenvalue weighted by Gasteiger charge is 2.37. The number of carbonyl (C=O) groups excluding carboxylic acids is 1. The van der Waals surface area contributed by atoms with Crippen LogP contribution < -0.4 is 21.3 Å². The zero-order chi connectivity index (χ0) is 22.2. The summed E-state index contributed by atoms with van der Waals surface area (Å²) in [6.45, 7) is 0.446. The minimum absolute atomic E-state index is 0.0605. The Morgan fingerprint density at radius 3 is 2.37 bits per heavy atom. The first-order valence-electron chi connectivity index (χ1n) is 9.16. The van der Waals surface area contributed by atoms with Crippen molar-refractivity contribution in [2.45, 2.75) is 26.4 Å². The van der Waals surface area contributed by atoms with E-state index in [1.54, 1.807) is 13.8 Å². The third-order valence-electron chi connectivity index (χ3n) is 4.92. The van der Waals surface area contributed by atoms with Gasteiger partial charge in [-0.2, -0.15) is 8.78 Å². The monoisotopic (exact) mass is 421 g/mol. The SMILES string of the molecule is CCOC(=O)C1=C(C)Nc2c(c(=O)n(C)c(=O)n2C)C1c1ccc(OC(F)F)cc1. The Morgan fingerprint density at radius 1 is 1.17 bits per heavy atom. The van der Waals surface area contributed by atoms with Crippen LogP contribution in [0.25, 0.3) is 0 Å². The molecule has 1 N–H and O–H groups in total. The molecule has 30 heavy (non-hydrogen) atoms. The second-order valence-electron chi connectivity index (χ2n) is 6.73. The summed E-state index contributed by atoms with van der Waals surface area (Å²) in [7, 11) is 2.85. The Hall–Kier alpha value is -3.43. The van der Waals surface area contributed by atoms with Crippen molar-refractivity contribution in [3.05, 3.63) is 67.5 Å². The molecule has 1 aliphatic heterocycles. The summed E-state index contributed by atoms with van der Waals surface area (Å²) in [5.41, 5.74) is 0.170. The topological polar surface area (TPSA) is 91.6 Å². The van der Waals surface area contributed by atoms with E-state index in [2.05, 4.69) is 10.1 Å². The summed E-state index contributed by atoms with van der Waals surface area (Å²) < 4.78 is 36.8. The number of ether oxygens (including phenoxy) is 2. The molecule has 0 spiro atoms. The smallest absolute Gasteiger partial charge is 0.387 e. The highest BCUT2D eigenvalue weighted by molar-refractivity contribution is 5.94. The number of nitrogens with one attached hydrogen (secondary N) is 1. The minimum Gasteiger partial charge on any atom is -0.463 e. The van der Waals surface area contributed by atoms with Gasteiger partial charge in [0.15, 0.2) is 0 Å². The second-order valence-corrected chi connectivity index (χ2v) is 6.73. The molecule has 0 saturated heterocycles. The van der Waals surface area contributed by atoms with Crippen LogP contribution in [0, 0.1) is 0 Å². The van der Waals surface area contributed by atoms with Crippen LogP contribution in [0.4, 0.5) is 14.6 Å². The molecule has 0 aliphatic carbocycles. The second kappa shape index (κ2) is 8.13. The van der Waals surface area contributed by atoms with Gasteiger partial charge in [-0.3, -0.25) is 13.9 Å². The lowest BCUT2D eigenvalue weighted by Crippen LogP contribution is -2.43. The zero-order valence-corrected chi connectivity index (χ0v) is 16.9. The molecule has 1 unspecified atom stereocenters. The Morgan fingerprint density at radius 2 is 1.80 bits per heavy atom. The molecule has 1 aliphatic rings. The van der Waals surface area contributed by atoms with Crippen LogP contribution in [0.1, 0.15) is 30.9 Å². The number of alkyl halides is 2.